The number of phenols is 1. The summed E-state index contributed by atoms with van der Waals surface area (Å²) in [6, 6.07) is 9.64. The van der Waals surface area contributed by atoms with E-state index >= 15 is 0 Å². The van der Waals surface area contributed by atoms with E-state index in [1.807, 2.05) is 0 Å². The molecule has 4 unspecified atom stereocenters. The van der Waals surface area contributed by atoms with Crippen LogP contribution in [0.4, 0.5) is 0 Å². The lowest BCUT2D eigenvalue weighted by molar-refractivity contribution is -0.142. The van der Waals surface area contributed by atoms with Crippen LogP contribution in [0.2, 0.25) is 0 Å². The second-order valence-electron chi connectivity index (χ2n) is 8.05. The summed E-state index contributed by atoms with van der Waals surface area (Å²) in [6.45, 7) is -0.768. The average molecular weight is 519 g/mol. The van der Waals surface area contributed by atoms with Gasteiger partial charge >= 0.3 is 5.97 Å². The highest BCUT2D eigenvalue weighted by Crippen LogP contribution is 2.12. The summed E-state index contributed by atoms with van der Waals surface area (Å²) in [5, 5.41) is 36.0. The average Bonchev–Trinajstić information content (AvgIpc) is 2.87. The van der Waals surface area contributed by atoms with E-state index in [9.17, 15) is 34.5 Å². The topological polar surface area (TPSA) is 191 Å². The molecule has 0 heterocycles. The molecule has 0 saturated carbocycles. The van der Waals surface area contributed by atoms with Gasteiger partial charge in [0.1, 0.15) is 23.9 Å². The first-order chi connectivity index (χ1) is 17.1. The summed E-state index contributed by atoms with van der Waals surface area (Å²) in [6.07, 6.45) is -0.0451. The van der Waals surface area contributed by atoms with Crippen molar-refractivity contribution in [1.29, 1.82) is 0 Å². The number of aliphatic hydroxyl groups is 1. The number of amides is 3. The molecule has 0 bridgehead atoms. The van der Waals surface area contributed by atoms with E-state index in [0.717, 1.165) is 0 Å². The number of rotatable bonds is 13. The minimum Gasteiger partial charge on any atom is -0.508 e. The van der Waals surface area contributed by atoms with Crippen molar-refractivity contribution in [2.45, 2.75) is 37.0 Å². The van der Waals surface area contributed by atoms with Gasteiger partial charge in [0.2, 0.25) is 17.7 Å². The van der Waals surface area contributed by atoms with Crippen LogP contribution in [0.5, 0.6) is 5.75 Å². The Hall–Kier alpha value is -3.61. The molecule has 0 saturated heterocycles. The van der Waals surface area contributed by atoms with Crippen LogP contribution in [0.1, 0.15) is 11.1 Å². The number of phenolic OH excluding ortho intramolecular Hbond substituents is 1. The fourth-order valence-corrected chi connectivity index (χ4v) is 3.39. The molecule has 2 rings (SSSR count). The number of aliphatic hydroxyl groups excluding tert-OH is 1. The van der Waals surface area contributed by atoms with Crippen molar-refractivity contribution in [3.8, 4) is 5.75 Å². The van der Waals surface area contributed by atoms with Crippen LogP contribution < -0.4 is 21.7 Å². The highest BCUT2D eigenvalue weighted by molar-refractivity contribution is 7.80. The fraction of sp³-hybridized carbons (Fsp3) is 0.333. The van der Waals surface area contributed by atoms with Gasteiger partial charge in [0, 0.05) is 18.6 Å². The minimum atomic E-state index is -1.40. The Morgan fingerprint density at radius 3 is 1.83 bits per heavy atom. The largest absolute Gasteiger partial charge is 0.508 e. The van der Waals surface area contributed by atoms with Crippen molar-refractivity contribution in [2.75, 3.05) is 12.4 Å². The Kier molecular flexibility index (Phi) is 11.2. The number of hydrogen-bond donors (Lipinski definition) is 8. The second kappa shape index (κ2) is 14.1. The standard InChI is InChI=1S/C24H30N4O7S/c25-17(13-36)21(31)28-20(12-29)23(33)26-18(10-15-6-8-16(30)9-7-15)22(32)27-19(24(34)35)11-14-4-2-1-3-5-14/h1-9,17-20,29-30,36H,10-13,25H2,(H,26,33)(H,27,32)(H,28,31)(H,34,35). The molecule has 0 fully saturated rings. The van der Waals surface area contributed by atoms with Crippen molar-refractivity contribution >= 4 is 36.3 Å². The number of nitrogens with one attached hydrogen (secondary N) is 3. The van der Waals surface area contributed by atoms with Gasteiger partial charge in [-0.2, -0.15) is 12.6 Å². The number of carbonyl (C=O) groups excluding carboxylic acids is 3. The van der Waals surface area contributed by atoms with Crippen molar-refractivity contribution in [1.82, 2.24) is 16.0 Å². The van der Waals surface area contributed by atoms with Crippen LogP contribution in [-0.2, 0) is 32.0 Å². The van der Waals surface area contributed by atoms with Crippen LogP contribution in [0.15, 0.2) is 54.6 Å². The Morgan fingerprint density at radius 1 is 0.778 bits per heavy atom. The number of carboxylic acids is 1. The predicted molar refractivity (Wildman–Crippen MR) is 134 cm³/mol. The maximum absolute atomic E-state index is 13.1. The molecular weight excluding hydrogens is 488 g/mol. The molecule has 12 heteroatoms. The number of hydrogen-bond acceptors (Lipinski definition) is 8. The van der Waals surface area contributed by atoms with E-state index in [0.29, 0.717) is 11.1 Å². The monoisotopic (exact) mass is 518 g/mol. The summed E-state index contributed by atoms with van der Waals surface area (Å²) in [4.78, 5) is 49.8. The number of aromatic hydroxyl groups is 1. The van der Waals surface area contributed by atoms with E-state index in [4.69, 9.17) is 5.73 Å². The zero-order chi connectivity index (χ0) is 26.7. The predicted octanol–water partition coefficient (Wildman–Crippen LogP) is -1.03. The molecule has 0 aliphatic rings. The molecule has 4 atom stereocenters. The van der Waals surface area contributed by atoms with Crippen molar-refractivity contribution < 1.29 is 34.5 Å². The first kappa shape index (κ1) is 28.6. The maximum atomic E-state index is 13.1. The molecule has 0 radical (unpaired) electrons. The summed E-state index contributed by atoms with van der Waals surface area (Å²) in [5.41, 5.74) is 6.84. The molecule has 0 aliphatic heterocycles. The Morgan fingerprint density at radius 2 is 1.28 bits per heavy atom. The van der Waals surface area contributed by atoms with Gasteiger partial charge in [-0.3, -0.25) is 14.4 Å². The summed E-state index contributed by atoms with van der Waals surface area (Å²) in [5.74, 6) is -3.62. The molecule has 194 valence electrons. The Labute approximate surface area is 213 Å². The van der Waals surface area contributed by atoms with Gasteiger partial charge in [0.25, 0.3) is 0 Å². The van der Waals surface area contributed by atoms with Crippen LogP contribution in [0.25, 0.3) is 0 Å². The van der Waals surface area contributed by atoms with Gasteiger partial charge in [-0.25, -0.2) is 4.79 Å². The third-order valence-corrected chi connectivity index (χ3v) is 5.65. The highest BCUT2D eigenvalue weighted by Gasteiger charge is 2.30. The first-order valence-corrected chi connectivity index (χ1v) is 11.7. The lowest BCUT2D eigenvalue weighted by Crippen LogP contribution is -2.58. The van der Waals surface area contributed by atoms with Crippen LogP contribution in [-0.4, -0.2) is 75.5 Å². The lowest BCUT2D eigenvalue weighted by Gasteiger charge is -2.24. The number of nitrogens with two attached hydrogens (primary N) is 1. The molecule has 2 aromatic rings. The van der Waals surface area contributed by atoms with Crippen LogP contribution in [0.3, 0.4) is 0 Å². The van der Waals surface area contributed by atoms with Gasteiger partial charge in [-0.05, 0) is 23.3 Å². The Bertz CT molecular complexity index is 1040. The smallest absolute Gasteiger partial charge is 0.326 e. The highest BCUT2D eigenvalue weighted by atomic mass is 32.1. The summed E-state index contributed by atoms with van der Waals surface area (Å²) < 4.78 is 0. The number of carbonyl (C=O) groups is 4. The van der Waals surface area contributed by atoms with Gasteiger partial charge in [-0.15, -0.1) is 0 Å². The molecule has 0 spiro atoms. The summed E-state index contributed by atoms with van der Waals surface area (Å²) >= 11 is 3.92. The Balaban J connectivity index is 2.21. The molecule has 0 aliphatic carbocycles. The minimum absolute atomic E-state index is 0.00109. The van der Waals surface area contributed by atoms with E-state index in [1.54, 1.807) is 30.3 Å². The van der Waals surface area contributed by atoms with Crippen molar-refractivity contribution in [3.63, 3.8) is 0 Å². The molecule has 8 N–H and O–H groups in total. The lowest BCUT2D eigenvalue weighted by atomic mass is 10.0. The molecular formula is C24H30N4O7S. The number of thiol groups is 1. The molecule has 11 nitrogen and oxygen atoms in total. The first-order valence-electron chi connectivity index (χ1n) is 11.1. The molecule has 36 heavy (non-hydrogen) atoms. The summed E-state index contributed by atoms with van der Waals surface area (Å²) in [7, 11) is 0. The van der Waals surface area contributed by atoms with Gasteiger partial charge in [-0.1, -0.05) is 42.5 Å². The third-order valence-electron chi connectivity index (χ3n) is 5.26. The second-order valence-corrected chi connectivity index (χ2v) is 8.42. The third kappa shape index (κ3) is 8.87. The van der Waals surface area contributed by atoms with Crippen LogP contribution >= 0.6 is 12.6 Å². The van der Waals surface area contributed by atoms with Gasteiger partial charge in [0.05, 0.1) is 12.6 Å². The van der Waals surface area contributed by atoms with Crippen molar-refractivity contribution in [3.05, 3.63) is 65.7 Å². The number of aliphatic carboxylic acids is 1. The zero-order valence-electron chi connectivity index (χ0n) is 19.3. The van der Waals surface area contributed by atoms with E-state index in [1.165, 1.54) is 24.3 Å². The van der Waals surface area contributed by atoms with Crippen molar-refractivity contribution in [2.24, 2.45) is 5.73 Å². The molecule has 0 aromatic heterocycles. The number of benzene rings is 2. The molecule has 2 aromatic carbocycles. The van der Waals surface area contributed by atoms with E-state index in [2.05, 4.69) is 28.6 Å². The quantitative estimate of drug-likeness (QED) is 0.154. The SMILES string of the molecule is NC(CS)C(=O)NC(CO)C(=O)NC(Cc1ccc(O)cc1)C(=O)NC(Cc1ccccc1)C(=O)O. The molecule has 3 amide bonds. The zero-order valence-corrected chi connectivity index (χ0v) is 20.2. The normalized spacial score (nSPS) is 14.1. The number of carboxylic acid groups (broad SMARTS) is 1. The van der Waals surface area contributed by atoms with Gasteiger partial charge < -0.3 is 37.0 Å². The van der Waals surface area contributed by atoms with Crippen LogP contribution in [0, 0.1) is 0 Å². The maximum Gasteiger partial charge on any atom is 0.326 e. The fourth-order valence-electron chi connectivity index (χ4n) is 3.23. The van der Waals surface area contributed by atoms with E-state index in [-0.39, 0.29) is 24.3 Å². The van der Waals surface area contributed by atoms with Gasteiger partial charge in [0.15, 0.2) is 0 Å². The van der Waals surface area contributed by atoms with E-state index < -0.39 is 54.5 Å².